The number of carbonyl (C=O) groups excluding carboxylic acids is 1. The Hall–Kier alpha value is -1.06. The summed E-state index contributed by atoms with van der Waals surface area (Å²) in [4.78, 5) is 14.0. The van der Waals surface area contributed by atoms with Crippen LogP contribution in [0.15, 0.2) is 6.20 Å². The second-order valence-electron chi connectivity index (χ2n) is 2.34. The third-order valence-corrected chi connectivity index (χ3v) is 2.19. The molecule has 0 aliphatic heterocycles. The highest BCUT2D eigenvalue weighted by Crippen LogP contribution is 2.34. The van der Waals surface area contributed by atoms with Gasteiger partial charge in [-0.3, -0.25) is 4.79 Å². The third-order valence-electron chi connectivity index (χ3n) is 1.34. The molecule has 0 spiro atoms. The zero-order chi connectivity index (χ0) is 11.6. The molecule has 8 heteroatoms. The van der Waals surface area contributed by atoms with Crippen LogP contribution in [0, 0.1) is 3.70 Å². The quantitative estimate of drug-likeness (QED) is 0.512. The molecule has 0 saturated carbocycles. The van der Waals surface area contributed by atoms with Crippen molar-refractivity contribution in [1.29, 1.82) is 0 Å². The van der Waals surface area contributed by atoms with Gasteiger partial charge in [-0.05, 0) is 22.6 Å². The van der Waals surface area contributed by atoms with E-state index in [2.05, 4.69) is 9.72 Å². The van der Waals surface area contributed by atoms with E-state index in [1.165, 1.54) is 0 Å². The molecular formula is C7H3F3INO3. The van der Waals surface area contributed by atoms with Crippen molar-refractivity contribution in [3.8, 4) is 11.5 Å². The number of alkyl halides is 3. The Morgan fingerprint density at radius 3 is 2.60 bits per heavy atom. The number of carbonyl (C=O) groups is 1. The molecule has 0 atom stereocenters. The van der Waals surface area contributed by atoms with Crippen molar-refractivity contribution in [1.82, 2.24) is 4.98 Å². The molecule has 1 rings (SSSR count). The highest BCUT2D eigenvalue weighted by molar-refractivity contribution is 14.1. The minimum absolute atomic E-state index is 0.0136. The lowest BCUT2D eigenvalue weighted by Gasteiger charge is -2.12. The van der Waals surface area contributed by atoms with Crippen molar-refractivity contribution >= 4 is 28.9 Å². The normalized spacial score (nSPS) is 11.2. The van der Waals surface area contributed by atoms with E-state index < -0.39 is 23.4 Å². The zero-order valence-corrected chi connectivity index (χ0v) is 9.03. The molecule has 82 valence electrons. The summed E-state index contributed by atoms with van der Waals surface area (Å²) in [7, 11) is 0. The molecule has 1 aromatic heterocycles. The summed E-state index contributed by atoms with van der Waals surface area (Å²) in [5, 5.41) is 9.06. The van der Waals surface area contributed by atoms with Gasteiger partial charge in [0.2, 0.25) is 0 Å². The van der Waals surface area contributed by atoms with E-state index in [1.54, 1.807) is 22.6 Å². The standard InChI is InChI=1S/C7H3F3INO3/c8-7(9,10)15-5-3(2-13)6(11)12-1-4(5)14/h1-2,14H. The lowest BCUT2D eigenvalue weighted by Crippen LogP contribution is -2.18. The first kappa shape index (κ1) is 12.0. The highest BCUT2D eigenvalue weighted by atomic mass is 127. The van der Waals surface area contributed by atoms with Gasteiger partial charge in [-0.15, -0.1) is 13.2 Å². The first-order valence-electron chi connectivity index (χ1n) is 3.43. The van der Waals surface area contributed by atoms with Gasteiger partial charge in [-0.1, -0.05) is 0 Å². The molecule has 1 aromatic rings. The maximum absolute atomic E-state index is 11.9. The second-order valence-corrected chi connectivity index (χ2v) is 3.36. The van der Waals surface area contributed by atoms with Crippen LogP contribution >= 0.6 is 22.6 Å². The molecule has 0 aliphatic carbocycles. The van der Waals surface area contributed by atoms with Gasteiger partial charge < -0.3 is 9.84 Å². The van der Waals surface area contributed by atoms with Crippen LogP contribution in [-0.4, -0.2) is 22.7 Å². The fourth-order valence-electron chi connectivity index (χ4n) is 0.803. The number of pyridine rings is 1. The van der Waals surface area contributed by atoms with Crippen LogP contribution in [0.3, 0.4) is 0 Å². The summed E-state index contributed by atoms with van der Waals surface area (Å²) in [5.41, 5.74) is -0.437. The van der Waals surface area contributed by atoms with Gasteiger partial charge in [0.1, 0.15) is 3.70 Å². The molecule has 0 fully saturated rings. The fourth-order valence-corrected chi connectivity index (χ4v) is 1.31. The molecule has 0 radical (unpaired) electrons. The fraction of sp³-hybridized carbons (Fsp3) is 0.143. The smallest absolute Gasteiger partial charge is 0.503 e. The number of hydrogen-bond acceptors (Lipinski definition) is 4. The predicted octanol–water partition coefficient (Wildman–Crippen LogP) is 2.10. The average molecular weight is 333 g/mol. The summed E-state index contributed by atoms with van der Waals surface area (Å²) in [6.45, 7) is 0. The van der Waals surface area contributed by atoms with Gasteiger partial charge in [0.25, 0.3) is 0 Å². The molecule has 4 nitrogen and oxygen atoms in total. The number of ether oxygens (including phenoxy) is 1. The van der Waals surface area contributed by atoms with Crippen molar-refractivity contribution in [2.75, 3.05) is 0 Å². The molecule has 1 N–H and O–H groups in total. The lowest BCUT2D eigenvalue weighted by atomic mass is 10.3. The van der Waals surface area contributed by atoms with Crippen LogP contribution in [0.4, 0.5) is 13.2 Å². The van der Waals surface area contributed by atoms with Gasteiger partial charge in [-0.25, -0.2) is 4.98 Å². The zero-order valence-electron chi connectivity index (χ0n) is 6.88. The van der Waals surface area contributed by atoms with Crippen LogP contribution in [0.25, 0.3) is 0 Å². The van der Waals surface area contributed by atoms with Gasteiger partial charge in [-0.2, -0.15) is 0 Å². The number of aldehydes is 1. The van der Waals surface area contributed by atoms with Gasteiger partial charge in [0, 0.05) is 0 Å². The van der Waals surface area contributed by atoms with Gasteiger partial charge in [0.15, 0.2) is 17.8 Å². The summed E-state index contributed by atoms with van der Waals surface area (Å²) in [6, 6.07) is 0. The van der Waals surface area contributed by atoms with Crippen LogP contribution in [-0.2, 0) is 0 Å². The average Bonchev–Trinajstić information content (AvgIpc) is 2.10. The maximum atomic E-state index is 11.9. The van der Waals surface area contributed by atoms with E-state index in [1.807, 2.05) is 0 Å². The van der Waals surface area contributed by atoms with Crippen molar-refractivity contribution in [3.05, 3.63) is 15.5 Å². The largest absolute Gasteiger partial charge is 0.573 e. The Kier molecular flexibility index (Phi) is 3.37. The minimum Gasteiger partial charge on any atom is -0.503 e. The van der Waals surface area contributed by atoms with Crippen molar-refractivity contribution in [2.45, 2.75) is 6.36 Å². The summed E-state index contributed by atoms with van der Waals surface area (Å²) in [6.07, 6.45) is -4.06. The Morgan fingerprint density at radius 1 is 1.53 bits per heavy atom. The summed E-state index contributed by atoms with van der Waals surface area (Å²) in [5.74, 6) is -1.77. The molecule has 0 unspecified atom stereocenters. The first-order valence-corrected chi connectivity index (χ1v) is 4.51. The Morgan fingerprint density at radius 2 is 2.13 bits per heavy atom. The van der Waals surface area contributed by atoms with E-state index in [9.17, 15) is 18.0 Å². The molecular weight excluding hydrogens is 330 g/mol. The Balaban J connectivity index is 3.25. The van der Waals surface area contributed by atoms with Gasteiger partial charge in [0.05, 0.1) is 11.8 Å². The SMILES string of the molecule is O=Cc1c(I)ncc(O)c1OC(F)(F)F. The topological polar surface area (TPSA) is 59.4 Å². The second kappa shape index (κ2) is 4.21. The molecule has 0 amide bonds. The van der Waals surface area contributed by atoms with E-state index >= 15 is 0 Å². The molecule has 15 heavy (non-hydrogen) atoms. The summed E-state index contributed by atoms with van der Waals surface area (Å²) >= 11 is 1.55. The van der Waals surface area contributed by atoms with E-state index in [0.29, 0.717) is 0 Å². The number of halogens is 4. The van der Waals surface area contributed by atoms with Crippen molar-refractivity contribution in [2.24, 2.45) is 0 Å². The predicted molar refractivity (Wildman–Crippen MR) is 50.7 cm³/mol. The number of rotatable bonds is 2. The Bertz CT molecular complexity index is 394. The lowest BCUT2D eigenvalue weighted by molar-refractivity contribution is -0.275. The first-order chi connectivity index (χ1) is 6.85. The van der Waals surface area contributed by atoms with E-state index in [-0.39, 0.29) is 9.99 Å². The van der Waals surface area contributed by atoms with Crippen LogP contribution < -0.4 is 4.74 Å². The molecule has 0 bridgehead atoms. The van der Waals surface area contributed by atoms with E-state index in [0.717, 1.165) is 6.20 Å². The highest BCUT2D eigenvalue weighted by Gasteiger charge is 2.34. The van der Waals surface area contributed by atoms with Crippen LogP contribution in [0.2, 0.25) is 0 Å². The minimum atomic E-state index is -4.97. The molecule has 1 heterocycles. The number of nitrogens with zero attached hydrogens (tertiary/aromatic N) is 1. The van der Waals surface area contributed by atoms with Crippen molar-refractivity contribution < 1.29 is 27.8 Å². The third kappa shape index (κ3) is 2.94. The molecule has 0 aliphatic rings. The van der Waals surface area contributed by atoms with Gasteiger partial charge >= 0.3 is 6.36 Å². The molecule has 0 aromatic carbocycles. The maximum Gasteiger partial charge on any atom is 0.573 e. The number of hydrogen-bond donors (Lipinski definition) is 1. The number of aromatic nitrogens is 1. The number of aromatic hydroxyl groups is 1. The monoisotopic (exact) mass is 333 g/mol. The Labute approximate surface area is 95.2 Å². The van der Waals surface area contributed by atoms with Crippen LogP contribution in [0.5, 0.6) is 11.5 Å². The van der Waals surface area contributed by atoms with Crippen LogP contribution in [0.1, 0.15) is 10.4 Å². The summed E-state index contributed by atoms with van der Waals surface area (Å²) < 4.78 is 39.2. The van der Waals surface area contributed by atoms with Crippen molar-refractivity contribution in [3.63, 3.8) is 0 Å². The van der Waals surface area contributed by atoms with E-state index in [4.69, 9.17) is 5.11 Å². The molecule has 0 saturated heterocycles.